The summed E-state index contributed by atoms with van der Waals surface area (Å²) in [5.41, 5.74) is 0. The largest absolute Gasteiger partial charge is 0.616 e. The number of aliphatic carboxylic acids is 1. The van der Waals surface area contributed by atoms with E-state index in [1.165, 1.54) is 0 Å². The number of aromatic nitrogens is 1. The Bertz CT molecular complexity index is 410. The molecule has 0 aliphatic heterocycles. The van der Waals surface area contributed by atoms with Crippen LogP contribution in [-0.2, 0) is 27.1 Å². The zero-order valence-electron chi connectivity index (χ0n) is 11.3. The molecule has 21 heavy (non-hydrogen) atoms. The lowest BCUT2D eigenvalue weighted by atomic mass is 10.5. The Kier molecular flexibility index (Phi) is 10.4. The van der Waals surface area contributed by atoms with Gasteiger partial charge in [0, 0.05) is 11.9 Å². The summed E-state index contributed by atoms with van der Waals surface area (Å²) in [6.45, 7) is 0. The maximum Gasteiger partial charge on any atom is 0.308 e. The summed E-state index contributed by atoms with van der Waals surface area (Å²) >= 11 is -2.20. The van der Waals surface area contributed by atoms with Gasteiger partial charge in [-0.05, 0) is 45.3 Å². The van der Waals surface area contributed by atoms with E-state index in [4.69, 9.17) is 5.11 Å². The number of nitrogens with zero attached hydrogens (tertiary/aromatic N) is 1. The first-order chi connectivity index (χ1) is 10.1. The molecule has 2 atom stereocenters. The number of rotatable bonds is 11. The van der Waals surface area contributed by atoms with Gasteiger partial charge in [0.15, 0.2) is 0 Å². The molecule has 0 spiro atoms. The molecule has 1 heterocycles. The molecule has 0 amide bonds. The smallest absolute Gasteiger partial charge is 0.308 e. The van der Waals surface area contributed by atoms with E-state index < -0.39 is 28.3 Å². The van der Waals surface area contributed by atoms with Crippen LogP contribution in [0.2, 0.25) is 0 Å². The third-order valence-corrected chi connectivity index (χ3v) is 7.68. The average Bonchev–Trinajstić information content (AvgIpc) is 2.48. The van der Waals surface area contributed by atoms with Crippen molar-refractivity contribution in [2.75, 3.05) is 28.8 Å². The molecule has 1 rings (SSSR count). The molecule has 0 saturated carbocycles. The molecule has 1 aromatic heterocycles. The Morgan fingerprint density at radius 2 is 1.90 bits per heavy atom. The SMILES string of the molecule is O=C(O)CC[S+]([O-])CC[S+]([O-])CCSSc1ccccn1. The number of carbonyl (C=O) groups is 1. The van der Waals surface area contributed by atoms with Crippen molar-refractivity contribution in [3.8, 4) is 0 Å². The monoisotopic (exact) mass is 367 g/mol. The van der Waals surface area contributed by atoms with Crippen LogP contribution >= 0.6 is 21.6 Å². The zero-order chi connectivity index (χ0) is 15.5. The van der Waals surface area contributed by atoms with E-state index in [0.717, 1.165) is 10.8 Å². The van der Waals surface area contributed by atoms with Gasteiger partial charge in [0.05, 0.1) is 6.42 Å². The van der Waals surface area contributed by atoms with Gasteiger partial charge in [-0.25, -0.2) is 4.98 Å². The normalized spacial score (nSPS) is 13.8. The molecule has 0 bridgehead atoms. The van der Waals surface area contributed by atoms with E-state index in [1.807, 2.05) is 18.2 Å². The first-order valence-electron chi connectivity index (χ1n) is 6.20. The van der Waals surface area contributed by atoms with Crippen molar-refractivity contribution in [3.05, 3.63) is 24.4 Å². The van der Waals surface area contributed by atoms with Gasteiger partial charge in [-0.2, -0.15) is 0 Å². The standard InChI is InChI=1S/C12H17NO4S4/c14-12(15)4-7-20(16)9-10-21(17)8-6-18-19-11-3-1-2-5-13-11/h1-3,5H,4,6-10H2,(H,14,15). The highest BCUT2D eigenvalue weighted by Gasteiger charge is 2.14. The van der Waals surface area contributed by atoms with Gasteiger partial charge in [-0.3, -0.25) is 4.79 Å². The van der Waals surface area contributed by atoms with Gasteiger partial charge >= 0.3 is 5.97 Å². The number of carboxylic acids is 1. The molecule has 118 valence electrons. The van der Waals surface area contributed by atoms with Crippen molar-refractivity contribution in [2.24, 2.45) is 0 Å². The van der Waals surface area contributed by atoms with Gasteiger partial charge in [0.2, 0.25) is 0 Å². The molecule has 2 unspecified atom stereocenters. The van der Waals surface area contributed by atoms with Crippen LogP contribution in [0.5, 0.6) is 0 Å². The van der Waals surface area contributed by atoms with Crippen molar-refractivity contribution in [2.45, 2.75) is 11.4 Å². The fourth-order valence-electron chi connectivity index (χ4n) is 1.22. The Labute approximate surface area is 138 Å². The molecule has 0 aromatic carbocycles. The van der Waals surface area contributed by atoms with Crippen LogP contribution in [0, 0.1) is 0 Å². The van der Waals surface area contributed by atoms with Crippen LogP contribution in [0.3, 0.4) is 0 Å². The molecule has 0 aliphatic rings. The van der Waals surface area contributed by atoms with E-state index in [9.17, 15) is 13.9 Å². The van der Waals surface area contributed by atoms with Gasteiger partial charge < -0.3 is 14.2 Å². The molecule has 0 fully saturated rings. The number of carboxylic acid groups (broad SMARTS) is 1. The van der Waals surface area contributed by atoms with Crippen molar-refractivity contribution in [3.63, 3.8) is 0 Å². The summed E-state index contributed by atoms with van der Waals surface area (Å²) in [5, 5.41) is 9.39. The number of pyridine rings is 1. The summed E-state index contributed by atoms with van der Waals surface area (Å²) in [4.78, 5) is 14.5. The van der Waals surface area contributed by atoms with Crippen molar-refractivity contribution in [1.29, 1.82) is 0 Å². The topological polar surface area (TPSA) is 96.3 Å². The molecule has 9 heteroatoms. The number of hydrogen-bond acceptors (Lipinski definition) is 6. The number of hydrogen-bond donors (Lipinski definition) is 1. The van der Waals surface area contributed by atoms with E-state index in [2.05, 4.69) is 4.98 Å². The second kappa shape index (κ2) is 11.5. The van der Waals surface area contributed by atoms with Crippen LogP contribution in [0.25, 0.3) is 0 Å². The maximum atomic E-state index is 11.7. The van der Waals surface area contributed by atoms with Gasteiger partial charge in [-0.15, -0.1) is 0 Å². The predicted molar refractivity (Wildman–Crippen MR) is 90.6 cm³/mol. The minimum atomic E-state index is -1.19. The van der Waals surface area contributed by atoms with Crippen LogP contribution in [0.4, 0.5) is 0 Å². The minimum Gasteiger partial charge on any atom is -0.616 e. The third kappa shape index (κ3) is 10.3. The fraction of sp³-hybridized carbons (Fsp3) is 0.500. The van der Waals surface area contributed by atoms with Crippen LogP contribution < -0.4 is 0 Å². The second-order valence-corrected chi connectivity index (χ2v) is 9.74. The van der Waals surface area contributed by atoms with Gasteiger partial charge in [-0.1, -0.05) is 16.9 Å². The van der Waals surface area contributed by atoms with Crippen LogP contribution in [-0.4, -0.2) is 53.9 Å². The molecular weight excluding hydrogens is 350 g/mol. The minimum absolute atomic E-state index is 0.101. The van der Waals surface area contributed by atoms with Gasteiger partial charge in [0.1, 0.15) is 28.0 Å². The Hall–Kier alpha value is -0.0600. The fourth-order valence-corrected chi connectivity index (χ4v) is 6.49. The van der Waals surface area contributed by atoms with Crippen LogP contribution in [0.1, 0.15) is 6.42 Å². The summed E-state index contributed by atoms with van der Waals surface area (Å²) in [7, 11) is 3.13. The first-order valence-corrected chi connectivity index (χ1v) is 11.5. The lowest BCUT2D eigenvalue weighted by molar-refractivity contribution is -0.136. The highest BCUT2D eigenvalue weighted by atomic mass is 33.1. The summed E-state index contributed by atoms with van der Waals surface area (Å²) in [6, 6.07) is 5.69. The molecular formula is C12H17NO4S4. The van der Waals surface area contributed by atoms with Gasteiger partial charge in [0.25, 0.3) is 0 Å². The maximum absolute atomic E-state index is 11.7. The zero-order valence-corrected chi connectivity index (χ0v) is 14.6. The first kappa shape index (κ1) is 19.0. The molecule has 0 radical (unpaired) electrons. The Morgan fingerprint density at radius 1 is 1.19 bits per heavy atom. The van der Waals surface area contributed by atoms with E-state index in [0.29, 0.717) is 17.3 Å². The lowest BCUT2D eigenvalue weighted by Gasteiger charge is -2.13. The molecule has 0 aliphatic carbocycles. The second-order valence-electron chi connectivity index (χ2n) is 3.91. The lowest BCUT2D eigenvalue weighted by Crippen LogP contribution is -2.23. The van der Waals surface area contributed by atoms with Crippen molar-refractivity contribution < 1.29 is 19.0 Å². The Balaban J connectivity index is 2.03. The molecule has 1 aromatic rings. The van der Waals surface area contributed by atoms with Crippen molar-refractivity contribution in [1.82, 2.24) is 4.98 Å². The Morgan fingerprint density at radius 3 is 2.52 bits per heavy atom. The predicted octanol–water partition coefficient (Wildman–Crippen LogP) is 1.79. The molecule has 1 N–H and O–H groups in total. The van der Waals surface area contributed by atoms with Crippen LogP contribution in [0.15, 0.2) is 29.4 Å². The highest BCUT2D eigenvalue weighted by Crippen LogP contribution is 2.28. The van der Waals surface area contributed by atoms with Crippen molar-refractivity contribution >= 4 is 49.9 Å². The summed E-state index contributed by atoms with van der Waals surface area (Å²) < 4.78 is 23.2. The van der Waals surface area contributed by atoms with E-state index in [1.54, 1.807) is 27.8 Å². The summed E-state index contributed by atoms with van der Waals surface area (Å²) in [6.07, 6.45) is 1.63. The van der Waals surface area contributed by atoms with E-state index in [-0.39, 0.29) is 12.2 Å². The quantitative estimate of drug-likeness (QED) is 0.362. The highest BCUT2D eigenvalue weighted by molar-refractivity contribution is 8.76. The molecule has 5 nitrogen and oxygen atoms in total. The average molecular weight is 368 g/mol. The molecule has 0 saturated heterocycles. The third-order valence-electron chi connectivity index (χ3n) is 2.26. The van der Waals surface area contributed by atoms with E-state index >= 15 is 0 Å². The summed E-state index contributed by atoms with van der Waals surface area (Å²) in [5.74, 6) is 1.12.